The molecular weight excluding hydrogens is 240 g/mol. The first-order valence-electron chi connectivity index (χ1n) is 6.15. The lowest BCUT2D eigenvalue weighted by molar-refractivity contribution is 0.155. The topological polar surface area (TPSA) is 69.6 Å². The lowest BCUT2D eigenvalue weighted by Gasteiger charge is -2.35. The molecule has 2 unspecified atom stereocenters. The van der Waals surface area contributed by atoms with Gasteiger partial charge in [0.25, 0.3) is 0 Å². The van der Waals surface area contributed by atoms with E-state index in [9.17, 15) is 13.5 Å². The van der Waals surface area contributed by atoms with Crippen molar-refractivity contribution in [1.82, 2.24) is 10.2 Å². The fraction of sp³-hybridized carbons (Fsp3) is 1.00. The van der Waals surface area contributed by atoms with Crippen LogP contribution < -0.4 is 5.32 Å². The molecule has 1 aliphatic heterocycles. The van der Waals surface area contributed by atoms with E-state index in [0.717, 1.165) is 0 Å². The van der Waals surface area contributed by atoms with E-state index >= 15 is 0 Å². The molecule has 0 saturated carbocycles. The standard InChI is InChI=1S/C11H24N2O3S/c1-9(2)12-11(7-14)6-13-4-5-17(15,16)8-10(13)3/h9-12,14H,4-8H2,1-3H3. The highest BCUT2D eigenvalue weighted by molar-refractivity contribution is 7.91. The van der Waals surface area contributed by atoms with Gasteiger partial charge in [0.15, 0.2) is 9.84 Å². The van der Waals surface area contributed by atoms with Crippen molar-refractivity contribution in [2.45, 2.75) is 38.9 Å². The first-order chi connectivity index (χ1) is 7.84. The molecule has 1 saturated heterocycles. The predicted molar refractivity (Wildman–Crippen MR) is 68.8 cm³/mol. The summed E-state index contributed by atoms with van der Waals surface area (Å²) in [6.07, 6.45) is 0. The van der Waals surface area contributed by atoms with Crippen LogP contribution in [0.25, 0.3) is 0 Å². The van der Waals surface area contributed by atoms with Gasteiger partial charge in [-0.3, -0.25) is 4.90 Å². The Bertz CT molecular complexity index is 330. The van der Waals surface area contributed by atoms with Crippen molar-refractivity contribution in [3.63, 3.8) is 0 Å². The second-order valence-corrected chi connectivity index (χ2v) is 7.39. The van der Waals surface area contributed by atoms with Crippen molar-refractivity contribution in [3.05, 3.63) is 0 Å². The summed E-state index contributed by atoms with van der Waals surface area (Å²) in [5.74, 6) is 0.462. The molecule has 2 atom stereocenters. The van der Waals surface area contributed by atoms with Crippen molar-refractivity contribution >= 4 is 9.84 Å². The molecular formula is C11H24N2O3S. The van der Waals surface area contributed by atoms with Crippen LogP contribution in [0.2, 0.25) is 0 Å². The second-order valence-electron chi connectivity index (χ2n) is 5.16. The Morgan fingerprint density at radius 1 is 1.47 bits per heavy atom. The van der Waals surface area contributed by atoms with Crippen LogP contribution in [-0.2, 0) is 9.84 Å². The zero-order valence-corrected chi connectivity index (χ0v) is 11.7. The lowest BCUT2D eigenvalue weighted by atomic mass is 10.2. The second kappa shape index (κ2) is 6.13. The minimum Gasteiger partial charge on any atom is -0.395 e. The van der Waals surface area contributed by atoms with Gasteiger partial charge in [0, 0.05) is 31.2 Å². The molecule has 0 amide bonds. The summed E-state index contributed by atoms with van der Waals surface area (Å²) in [6, 6.07) is 0.367. The van der Waals surface area contributed by atoms with Gasteiger partial charge in [0.2, 0.25) is 0 Å². The highest BCUT2D eigenvalue weighted by atomic mass is 32.2. The Hall–Kier alpha value is -0.170. The Morgan fingerprint density at radius 2 is 2.12 bits per heavy atom. The molecule has 2 N–H and O–H groups in total. The minimum absolute atomic E-state index is 0.0123. The molecule has 5 nitrogen and oxygen atoms in total. The van der Waals surface area contributed by atoms with Gasteiger partial charge < -0.3 is 10.4 Å². The van der Waals surface area contributed by atoms with Crippen LogP contribution in [-0.4, -0.2) is 67.8 Å². The van der Waals surface area contributed by atoms with Gasteiger partial charge in [-0.1, -0.05) is 13.8 Å². The molecule has 0 bridgehead atoms. The smallest absolute Gasteiger partial charge is 0.153 e. The summed E-state index contributed by atoms with van der Waals surface area (Å²) in [5.41, 5.74) is 0. The van der Waals surface area contributed by atoms with E-state index in [4.69, 9.17) is 0 Å². The molecule has 1 aliphatic rings. The van der Waals surface area contributed by atoms with Gasteiger partial charge in [-0.2, -0.15) is 0 Å². The summed E-state index contributed by atoms with van der Waals surface area (Å²) < 4.78 is 22.9. The summed E-state index contributed by atoms with van der Waals surface area (Å²) in [7, 11) is -2.86. The van der Waals surface area contributed by atoms with Gasteiger partial charge in [-0.25, -0.2) is 8.42 Å². The quantitative estimate of drug-likeness (QED) is 0.698. The fourth-order valence-corrected chi connectivity index (χ4v) is 3.85. The average molecular weight is 264 g/mol. The van der Waals surface area contributed by atoms with E-state index in [1.54, 1.807) is 0 Å². The number of hydrogen-bond donors (Lipinski definition) is 2. The third kappa shape index (κ3) is 4.91. The van der Waals surface area contributed by atoms with E-state index in [2.05, 4.69) is 10.2 Å². The van der Waals surface area contributed by atoms with Crippen molar-refractivity contribution in [2.75, 3.05) is 31.2 Å². The zero-order chi connectivity index (χ0) is 13.1. The SMILES string of the molecule is CC(C)NC(CO)CN1CCS(=O)(=O)CC1C. The highest BCUT2D eigenvalue weighted by Crippen LogP contribution is 2.11. The number of hydrogen-bond acceptors (Lipinski definition) is 5. The third-order valence-corrected chi connectivity index (χ3v) is 4.85. The molecule has 1 fully saturated rings. The summed E-state index contributed by atoms with van der Waals surface area (Å²) in [5, 5.41) is 12.6. The van der Waals surface area contributed by atoms with Gasteiger partial charge >= 0.3 is 0 Å². The van der Waals surface area contributed by atoms with E-state index < -0.39 is 9.84 Å². The van der Waals surface area contributed by atoms with Crippen LogP contribution in [0.5, 0.6) is 0 Å². The highest BCUT2D eigenvalue weighted by Gasteiger charge is 2.29. The molecule has 102 valence electrons. The Kier molecular flexibility index (Phi) is 5.37. The third-order valence-electron chi connectivity index (χ3n) is 3.05. The van der Waals surface area contributed by atoms with Gasteiger partial charge in [-0.05, 0) is 6.92 Å². The van der Waals surface area contributed by atoms with Crippen molar-refractivity contribution in [2.24, 2.45) is 0 Å². The van der Waals surface area contributed by atoms with Crippen LogP contribution in [0, 0.1) is 0 Å². The van der Waals surface area contributed by atoms with Crippen molar-refractivity contribution in [1.29, 1.82) is 0 Å². The van der Waals surface area contributed by atoms with Crippen molar-refractivity contribution < 1.29 is 13.5 Å². The first-order valence-corrected chi connectivity index (χ1v) is 7.97. The van der Waals surface area contributed by atoms with Crippen LogP contribution in [0.15, 0.2) is 0 Å². The maximum absolute atomic E-state index is 11.4. The average Bonchev–Trinajstić information content (AvgIpc) is 2.19. The minimum atomic E-state index is -2.86. The molecule has 0 aromatic heterocycles. The fourth-order valence-electron chi connectivity index (χ4n) is 2.22. The van der Waals surface area contributed by atoms with Crippen LogP contribution in [0.1, 0.15) is 20.8 Å². The molecule has 0 radical (unpaired) electrons. The van der Waals surface area contributed by atoms with Crippen LogP contribution >= 0.6 is 0 Å². The molecule has 0 aromatic carbocycles. The summed E-state index contributed by atoms with van der Waals surface area (Å²) >= 11 is 0. The number of nitrogens with zero attached hydrogens (tertiary/aromatic N) is 1. The molecule has 1 heterocycles. The molecule has 0 aliphatic carbocycles. The number of aliphatic hydroxyl groups is 1. The molecule has 17 heavy (non-hydrogen) atoms. The van der Waals surface area contributed by atoms with E-state index in [-0.39, 0.29) is 30.2 Å². The van der Waals surface area contributed by atoms with Crippen molar-refractivity contribution in [3.8, 4) is 0 Å². The van der Waals surface area contributed by atoms with E-state index in [0.29, 0.717) is 19.1 Å². The van der Waals surface area contributed by atoms with Crippen LogP contribution in [0.3, 0.4) is 0 Å². The predicted octanol–water partition coefficient (Wildman–Crippen LogP) is -0.536. The molecule has 1 rings (SSSR count). The van der Waals surface area contributed by atoms with E-state index in [1.165, 1.54) is 0 Å². The first kappa shape index (κ1) is 14.9. The number of nitrogens with one attached hydrogen (secondary N) is 1. The normalized spacial score (nSPS) is 27.2. The maximum Gasteiger partial charge on any atom is 0.153 e. The maximum atomic E-state index is 11.4. The molecule has 0 spiro atoms. The summed E-state index contributed by atoms with van der Waals surface area (Å²) in [6.45, 7) is 7.35. The Balaban J connectivity index is 2.51. The van der Waals surface area contributed by atoms with Gasteiger partial charge in [0.05, 0.1) is 18.1 Å². The number of sulfone groups is 1. The van der Waals surface area contributed by atoms with E-state index in [1.807, 2.05) is 20.8 Å². The Morgan fingerprint density at radius 3 is 2.59 bits per heavy atom. The van der Waals surface area contributed by atoms with Crippen LogP contribution in [0.4, 0.5) is 0 Å². The van der Waals surface area contributed by atoms with Gasteiger partial charge in [0.1, 0.15) is 0 Å². The van der Waals surface area contributed by atoms with Gasteiger partial charge in [-0.15, -0.1) is 0 Å². The molecule has 0 aromatic rings. The number of rotatable bonds is 5. The lowest BCUT2D eigenvalue weighted by Crippen LogP contribution is -2.53. The monoisotopic (exact) mass is 264 g/mol. The Labute approximate surface area is 104 Å². The summed E-state index contributed by atoms with van der Waals surface area (Å²) in [4.78, 5) is 2.14. The largest absolute Gasteiger partial charge is 0.395 e. The number of aliphatic hydroxyl groups excluding tert-OH is 1. The zero-order valence-electron chi connectivity index (χ0n) is 10.9. The molecule has 6 heteroatoms.